The smallest absolute Gasteiger partial charge is 0.224 e. The average Bonchev–Trinajstić information content (AvgIpc) is 2.83. The van der Waals surface area contributed by atoms with E-state index in [2.05, 4.69) is 23.1 Å². The first-order valence-corrected chi connectivity index (χ1v) is 5.63. The predicted octanol–water partition coefficient (Wildman–Crippen LogP) is 1.82. The van der Waals surface area contributed by atoms with Gasteiger partial charge in [0.05, 0.1) is 19.2 Å². The molecule has 0 saturated carbocycles. The maximum absolute atomic E-state index is 11.6. The van der Waals surface area contributed by atoms with Gasteiger partial charge in [-0.15, -0.1) is 12.6 Å². The van der Waals surface area contributed by atoms with E-state index >= 15 is 0 Å². The molecule has 0 spiro atoms. The van der Waals surface area contributed by atoms with Gasteiger partial charge in [-0.05, 0) is 17.7 Å². The summed E-state index contributed by atoms with van der Waals surface area (Å²) in [5.41, 5.74) is 0.956. The van der Waals surface area contributed by atoms with E-state index in [9.17, 15) is 4.79 Å². The number of aromatic nitrogens is 1. The second kappa shape index (κ2) is 5.54. The lowest BCUT2D eigenvalue weighted by Crippen LogP contribution is -2.24. The van der Waals surface area contributed by atoms with Gasteiger partial charge in [-0.25, -0.2) is 0 Å². The van der Waals surface area contributed by atoms with Crippen molar-refractivity contribution in [3.8, 4) is 0 Å². The number of amides is 1. The number of hydrogen-bond acceptors (Lipinski definition) is 4. The molecule has 4 nitrogen and oxygen atoms in total. The summed E-state index contributed by atoms with van der Waals surface area (Å²) in [5, 5.41) is 6.32. The molecule has 1 aromatic heterocycles. The molecule has 0 aliphatic heterocycles. The number of hydrogen-bond donors (Lipinski definition) is 2. The minimum atomic E-state index is -0.0479. The number of carbonyl (C=O) groups is 1. The van der Waals surface area contributed by atoms with Crippen molar-refractivity contribution < 1.29 is 9.32 Å². The Kier molecular flexibility index (Phi) is 3.82. The van der Waals surface area contributed by atoms with Crippen molar-refractivity contribution in [3.05, 3.63) is 47.9 Å². The van der Waals surface area contributed by atoms with Gasteiger partial charge in [0, 0.05) is 11.0 Å². The molecule has 5 heteroatoms. The van der Waals surface area contributed by atoms with Gasteiger partial charge in [0.1, 0.15) is 0 Å². The maximum Gasteiger partial charge on any atom is 0.224 e. The highest BCUT2D eigenvalue weighted by atomic mass is 32.1. The van der Waals surface area contributed by atoms with Crippen LogP contribution in [0.3, 0.4) is 0 Å². The predicted molar refractivity (Wildman–Crippen MR) is 65.7 cm³/mol. The fourth-order valence-corrected chi connectivity index (χ4v) is 1.53. The van der Waals surface area contributed by atoms with Crippen molar-refractivity contribution >= 4 is 18.5 Å². The van der Waals surface area contributed by atoms with Gasteiger partial charge < -0.3 is 9.84 Å². The first kappa shape index (κ1) is 11.7. The first-order chi connectivity index (χ1) is 8.24. The summed E-state index contributed by atoms with van der Waals surface area (Å²) < 4.78 is 4.88. The highest BCUT2D eigenvalue weighted by Crippen LogP contribution is 2.08. The van der Waals surface area contributed by atoms with E-state index in [0.29, 0.717) is 18.7 Å². The van der Waals surface area contributed by atoms with E-state index in [4.69, 9.17) is 4.52 Å². The van der Waals surface area contributed by atoms with Gasteiger partial charge in [0.15, 0.2) is 5.76 Å². The Labute approximate surface area is 104 Å². The van der Waals surface area contributed by atoms with Crippen LogP contribution >= 0.6 is 12.6 Å². The van der Waals surface area contributed by atoms with Crippen molar-refractivity contribution in [2.45, 2.75) is 17.9 Å². The van der Waals surface area contributed by atoms with E-state index in [-0.39, 0.29) is 5.91 Å². The number of nitrogens with one attached hydrogen (secondary N) is 1. The second-order valence-electron chi connectivity index (χ2n) is 3.60. The largest absolute Gasteiger partial charge is 0.360 e. The number of benzene rings is 1. The molecule has 1 heterocycles. The number of thiol groups is 1. The molecule has 1 aromatic carbocycles. The van der Waals surface area contributed by atoms with Crippen LogP contribution in [0, 0.1) is 0 Å². The molecule has 0 unspecified atom stereocenters. The molecule has 0 saturated heterocycles. The lowest BCUT2D eigenvalue weighted by Gasteiger charge is -2.03. The summed E-state index contributed by atoms with van der Waals surface area (Å²) in [7, 11) is 0. The Morgan fingerprint density at radius 3 is 2.71 bits per heavy atom. The van der Waals surface area contributed by atoms with Crippen LogP contribution in [0.5, 0.6) is 0 Å². The van der Waals surface area contributed by atoms with Crippen LogP contribution in [-0.4, -0.2) is 11.1 Å². The Hall–Kier alpha value is -1.75. The minimum absolute atomic E-state index is 0.0479. The molecule has 0 radical (unpaired) electrons. The zero-order valence-corrected chi connectivity index (χ0v) is 9.98. The van der Waals surface area contributed by atoms with E-state index < -0.39 is 0 Å². The van der Waals surface area contributed by atoms with Crippen LogP contribution in [0.4, 0.5) is 0 Å². The van der Waals surface area contributed by atoms with Crippen LogP contribution in [0.25, 0.3) is 0 Å². The lowest BCUT2D eigenvalue weighted by atomic mass is 10.1. The molecule has 88 valence electrons. The van der Waals surface area contributed by atoms with Gasteiger partial charge in [0.2, 0.25) is 5.91 Å². The molecule has 1 amide bonds. The van der Waals surface area contributed by atoms with E-state index in [1.54, 1.807) is 12.3 Å². The Balaban J connectivity index is 1.83. The van der Waals surface area contributed by atoms with Gasteiger partial charge in [-0.1, -0.05) is 17.3 Å². The molecule has 0 fully saturated rings. The third-order valence-corrected chi connectivity index (χ3v) is 2.55. The number of nitrogens with zero attached hydrogens (tertiary/aromatic N) is 1. The molecule has 2 aromatic rings. The topological polar surface area (TPSA) is 55.1 Å². The Morgan fingerprint density at radius 1 is 1.29 bits per heavy atom. The van der Waals surface area contributed by atoms with Gasteiger partial charge in [-0.2, -0.15) is 0 Å². The first-order valence-electron chi connectivity index (χ1n) is 5.18. The number of carbonyl (C=O) groups excluding carboxylic acids is 1. The van der Waals surface area contributed by atoms with Crippen molar-refractivity contribution in [2.75, 3.05) is 0 Å². The molecular weight excluding hydrogens is 236 g/mol. The van der Waals surface area contributed by atoms with Crippen LogP contribution in [-0.2, 0) is 17.8 Å². The zero-order valence-electron chi connectivity index (χ0n) is 9.09. The van der Waals surface area contributed by atoms with Crippen LogP contribution < -0.4 is 5.32 Å². The molecule has 17 heavy (non-hydrogen) atoms. The van der Waals surface area contributed by atoms with Crippen molar-refractivity contribution in [1.29, 1.82) is 0 Å². The number of rotatable bonds is 4. The Morgan fingerprint density at radius 2 is 2.06 bits per heavy atom. The average molecular weight is 248 g/mol. The standard InChI is InChI=1S/C12H12N2O2S/c15-12(13-8-10-5-6-14-16-10)7-9-1-3-11(17)4-2-9/h1-6,17H,7-8H2,(H,13,15). The molecule has 0 atom stereocenters. The van der Waals surface area contributed by atoms with Crippen molar-refractivity contribution in [1.82, 2.24) is 10.5 Å². The summed E-state index contributed by atoms with van der Waals surface area (Å²) in [6, 6.07) is 9.22. The second-order valence-corrected chi connectivity index (χ2v) is 4.12. The molecule has 1 N–H and O–H groups in total. The normalized spacial score (nSPS) is 10.2. The van der Waals surface area contributed by atoms with Crippen LogP contribution in [0.15, 0.2) is 45.9 Å². The van der Waals surface area contributed by atoms with Gasteiger partial charge in [-0.3, -0.25) is 4.79 Å². The third-order valence-electron chi connectivity index (χ3n) is 2.25. The molecule has 0 aliphatic carbocycles. The SMILES string of the molecule is O=C(Cc1ccc(S)cc1)NCc1ccno1. The summed E-state index contributed by atoms with van der Waals surface area (Å²) in [5.74, 6) is 0.595. The summed E-state index contributed by atoms with van der Waals surface area (Å²) in [4.78, 5) is 12.5. The maximum atomic E-state index is 11.6. The molecule has 2 rings (SSSR count). The van der Waals surface area contributed by atoms with E-state index in [1.165, 1.54) is 0 Å². The van der Waals surface area contributed by atoms with Crippen LogP contribution in [0.2, 0.25) is 0 Å². The lowest BCUT2D eigenvalue weighted by molar-refractivity contribution is -0.120. The zero-order chi connectivity index (χ0) is 12.1. The summed E-state index contributed by atoms with van der Waals surface area (Å²) in [6.07, 6.45) is 1.90. The molecular formula is C12H12N2O2S. The fraction of sp³-hybridized carbons (Fsp3) is 0.167. The molecule has 0 aliphatic rings. The summed E-state index contributed by atoms with van der Waals surface area (Å²) >= 11 is 4.18. The highest BCUT2D eigenvalue weighted by molar-refractivity contribution is 7.80. The Bertz CT molecular complexity index is 480. The quantitative estimate of drug-likeness (QED) is 0.811. The molecule has 0 bridgehead atoms. The minimum Gasteiger partial charge on any atom is -0.360 e. The third kappa shape index (κ3) is 3.64. The monoisotopic (exact) mass is 248 g/mol. The van der Waals surface area contributed by atoms with Gasteiger partial charge >= 0.3 is 0 Å². The van der Waals surface area contributed by atoms with E-state index in [0.717, 1.165) is 10.5 Å². The summed E-state index contributed by atoms with van der Waals surface area (Å²) in [6.45, 7) is 0.365. The highest BCUT2D eigenvalue weighted by Gasteiger charge is 2.04. The fourth-order valence-electron chi connectivity index (χ4n) is 1.38. The van der Waals surface area contributed by atoms with Crippen molar-refractivity contribution in [2.24, 2.45) is 0 Å². The van der Waals surface area contributed by atoms with Crippen molar-refractivity contribution in [3.63, 3.8) is 0 Å². The van der Waals surface area contributed by atoms with Gasteiger partial charge in [0.25, 0.3) is 0 Å². The van der Waals surface area contributed by atoms with Crippen LogP contribution in [0.1, 0.15) is 11.3 Å². The van der Waals surface area contributed by atoms with E-state index in [1.807, 2.05) is 24.3 Å².